The summed E-state index contributed by atoms with van der Waals surface area (Å²) in [4.78, 5) is 1.93. The third-order valence-corrected chi connectivity index (χ3v) is 2.19. The number of hydrogen-bond donors (Lipinski definition) is 0. The first-order valence-corrected chi connectivity index (χ1v) is 4.83. The Morgan fingerprint density at radius 1 is 1.13 bits per heavy atom. The van der Waals surface area contributed by atoms with E-state index in [1.807, 2.05) is 18.9 Å². The molecule has 0 saturated heterocycles. The van der Waals surface area contributed by atoms with Crippen LogP contribution in [0, 0.1) is 0 Å². The molecule has 1 aromatic carbocycles. The lowest BCUT2D eigenvalue weighted by atomic mass is 10.2. The summed E-state index contributed by atoms with van der Waals surface area (Å²) in [6.45, 7) is 2.87. The average molecular weight is 217 g/mol. The van der Waals surface area contributed by atoms with Crippen LogP contribution in [0.25, 0.3) is 0 Å². The van der Waals surface area contributed by atoms with Crippen molar-refractivity contribution in [2.24, 2.45) is 0 Å². The molecule has 0 aliphatic rings. The van der Waals surface area contributed by atoms with Crippen LogP contribution >= 0.6 is 0 Å². The van der Waals surface area contributed by atoms with Crippen LogP contribution in [0.4, 0.5) is 18.9 Å². The van der Waals surface area contributed by atoms with E-state index in [1.54, 1.807) is 0 Å². The third-order valence-electron chi connectivity index (χ3n) is 2.19. The molecule has 0 aromatic heterocycles. The van der Waals surface area contributed by atoms with Crippen molar-refractivity contribution in [2.45, 2.75) is 19.5 Å². The van der Waals surface area contributed by atoms with Gasteiger partial charge >= 0.3 is 6.18 Å². The molecule has 0 spiro atoms. The van der Waals surface area contributed by atoms with Crippen LogP contribution in [0.1, 0.15) is 18.9 Å². The quantitative estimate of drug-likeness (QED) is 0.748. The van der Waals surface area contributed by atoms with Gasteiger partial charge in [-0.1, -0.05) is 6.92 Å². The second kappa shape index (κ2) is 4.55. The molecule has 0 aliphatic carbocycles. The zero-order valence-corrected chi connectivity index (χ0v) is 8.80. The SMILES string of the molecule is CCCN(C)c1ccc(C(F)(F)F)cc1. The van der Waals surface area contributed by atoms with Crippen molar-refractivity contribution in [3.63, 3.8) is 0 Å². The van der Waals surface area contributed by atoms with Gasteiger partial charge < -0.3 is 4.90 Å². The lowest BCUT2D eigenvalue weighted by Crippen LogP contribution is -2.17. The molecule has 4 heteroatoms. The summed E-state index contributed by atoms with van der Waals surface area (Å²) in [5.74, 6) is 0. The maximum absolute atomic E-state index is 12.3. The number of alkyl halides is 3. The van der Waals surface area contributed by atoms with Crippen molar-refractivity contribution in [3.8, 4) is 0 Å². The van der Waals surface area contributed by atoms with Gasteiger partial charge in [0.1, 0.15) is 0 Å². The minimum atomic E-state index is -4.25. The van der Waals surface area contributed by atoms with Gasteiger partial charge in [0, 0.05) is 19.3 Å². The van der Waals surface area contributed by atoms with Gasteiger partial charge in [0.25, 0.3) is 0 Å². The minimum absolute atomic E-state index is 0.601. The van der Waals surface area contributed by atoms with Gasteiger partial charge in [-0.15, -0.1) is 0 Å². The fourth-order valence-corrected chi connectivity index (χ4v) is 1.37. The maximum Gasteiger partial charge on any atom is 0.416 e. The van der Waals surface area contributed by atoms with Crippen LogP contribution in [0.3, 0.4) is 0 Å². The number of anilines is 1. The highest BCUT2D eigenvalue weighted by Gasteiger charge is 2.29. The van der Waals surface area contributed by atoms with Crippen molar-refractivity contribution in [3.05, 3.63) is 29.8 Å². The number of nitrogens with zero attached hydrogens (tertiary/aromatic N) is 1. The Bertz CT molecular complexity index is 303. The molecule has 1 rings (SSSR count). The van der Waals surface area contributed by atoms with E-state index >= 15 is 0 Å². The van der Waals surface area contributed by atoms with Gasteiger partial charge in [0.05, 0.1) is 5.56 Å². The fraction of sp³-hybridized carbons (Fsp3) is 0.455. The summed E-state index contributed by atoms with van der Waals surface area (Å²) in [7, 11) is 1.87. The van der Waals surface area contributed by atoms with E-state index in [4.69, 9.17) is 0 Å². The topological polar surface area (TPSA) is 3.24 Å². The summed E-state index contributed by atoms with van der Waals surface area (Å²) >= 11 is 0. The average Bonchev–Trinajstić information content (AvgIpc) is 2.17. The van der Waals surface area contributed by atoms with Crippen molar-refractivity contribution >= 4 is 5.69 Å². The predicted octanol–water partition coefficient (Wildman–Crippen LogP) is 3.55. The largest absolute Gasteiger partial charge is 0.416 e. The van der Waals surface area contributed by atoms with Crippen molar-refractivity contribution in [1.82, 2.24) is 0 Å². The monoisotopic (exact) mass is 217 g/mol. The van der Waals surface area contributed by atoms with E-state index in [2.05, 4.69) is 0 Å². The summed E-state index contributed by atoms with van der Waals surface area (Å²) in [6.07, 6.45) is -3.28. The molecule has 0 bridgehead atoms. The van der Waals surface area contributed by atoms with Crippen LogP contribution in [-0.4, -0.2) is 13.6 Å². The van der Waals surface area contributed by atoms with Gasteiger partial charge in [-0.3, -0.25) is 0 Å². The molecule has 0 unspecified atom stereocenters. The molecule has 0 heterocycles. The van der Waals surface area contributed by atoms with Crippen molar-refractivity contribution < 1.29 is 13.2 Å². The summed E-state index contributed by atoms with van der Waals surface area (Å²) in [5, 5.41) is 0. The number of benzene rings is 1. The Balaban J connectivity index is 2.81. The molecule has 0 radical (unpaired) electrons. The smallest absolute Gasteiger partial charge is 0.375 e. The third kappa shape index (κ3) is 3.15. The molecular formula is C11H14F3N. The Labute approximate surface area is 87.5 Å². The maximum atomic E-state index is 12.3. The molecule has 0 fully saturated rings. The van der Waals surface area contributed by atoms with E-state index in [0.29, 0.717) is 0 Å². The second-order valence-electron chi connectivity index (χ2n) is 3.47. The van der Waals surface area contributed by atoms with Gasteiger partial charge in [0.15, 0.2) is 0 Å². The molecule has 1 aromatic rings. The van der Waals surface area contributed by atoms with Crippen LogP contribution in [0.15, 0.2) is 24.3 Å². The number of rotatable bonds is 3. The molecule has 0 atom stereocenters. The second-order valence-corrected chi connectivity index (χ2v) is 3.47. The lowest BCUT2D eigenvalue weighted by molar-refractivity contribution is -0.137. The number of halogens is 3. The zero-order valence-electron chi connectivity index (χ0n) is 8.80. The van der Waals surface area contributed by atoms with Crippen LogP contribution < -0.4 is 4.90 Å². The highest BCUT2D eigenvalue weighted by atomic mass is 19.4. The van der Waals surface area contributed by atoms with Gasteiger partial charge in [0.2, 0.25) is 0 Å². The first-order valence-electron chi connectivity index (χ1n) is 4.83. The molecular weight excluding hydrogens is 203 g/mol. The van der Waals surface area contributed by atoms with E-state index in [0.717, 1.165) is 30.8 Å². The van der Waals surface area contributed by atoms with Gasteiger partial charge in [-0.2, -0.15) is 13.2 Å². The molecule has 0 amide bonds. The first-order chi connectivity index (χ1) is 6.95. The van der Waals surface area contributed by atoms with E-state index in [-0.39, 0.29) is 0 Å². The van der Waals surface area contributed by atoms with E-state index < -0.39 is 11.7 Å². The summed E-state index contributed by atoms with van der Waals surface area (Å²) < 4.78 is 36.8. The Hall–Kier alpha value is -1.19. The molecule has 0 N–H and O–H groups in total. The molecule has 1 nitrogen and oxygen atoms in total. The van der Waals surface area contributed by atoms with Gasteiger partial charge in [-0.05, 0) is 30.7 Å². The minimum Gasteiger partial charge on any atom is -0.375 e. The van der Waals surface area contributed by atoms with Crippen molar-refractivity contribution in [1.29, 1.82) is 0 Å². The van der Waals surface area contributed by atoms with E-state index in [1.165, 1.54) is 12.1 Å². The molecule has 0 aliphatic heterocycles. The number of hydrogen-bond acceptors (Lipinski definition) is 1. The summed E-state index contributed by atoms with van der Waals surface area (Å²) in [6, 6.07) is 5.22. The molecule has 84 valence electrons. The molecule has 15 heavy (non-hydrogen) atoms. The predicted molar refractivity (Wildman–Crippen MR) is 55.0 cm³/mol. The highest BCUT2D eigenvalue weighted by Crippen LogP contribution is 2.30. The molecule has 0 saturated carbocycles. The fourth-order valence-electron chi connectivity index (χ4n) is 1.37. The Morgan fingerprint density at radius 3 is 2.07 bits per heavy atom. The summed E-state index contributed by atoms with van der Waals surface area (Å²) in [5.41, 5.74) is 0.209. The Kier molecular flexibility index (Phi) is 3.61. The lowest BCUT2D eigenvalue weighted by Gasteiger charge is -2.18. The van der Waals surface area contributed by atoms with Crippen LogP contribution in [-0.2, 0) is 6.18 Å². The van der Waals surface area contributed by atoms with Crippen LogP contribution in [0.5, 0.6) is 0 Å². The van der Waals surface area contributed by atoms with Crippen LogP contribution in [0.2, 0.25) is 0 Å². The zero-order chi connectivity index (χ0) is 11.5. The highest BCUT2D eigenvalue weighted by molar-refractivity contribution is 5.47. The standard InChI is InChI=1S/C11H14F3N/c1-3-8-15(2)10-6-4-9(5-7-10)11(12,13)14/h4-7H,3,8H2,1-2H3. The normalized spacial score (nSPS) is 11.5. The van der Waals surface area contributed by atoms with Crippen molar-refractivity contribution in [2.75, 3.05) is 18.5 Å². The Morgan fingerprint density at radius 2 is 1.67 bits per heavy atom. The van der Waals surface area contributed by atoms with E-state index in [9.17, 15) is 13.2 Å². The first kappa shape index (κ1) is 11.9. The van der Waals surface area contributed by atoms with Gasteiger partial charge in [-0.25, -0.2) is 0 Å².